The molecule has 2 aromatic carbocycles. The van der Waals surface area contributed by atoms with E-state index in [4.69, 9.17) is 16.3 Å². The molecule has 1 atom stereocenters. The minimum atomic E-state index is -0.320. The van der Waals surface area contributed by atoms with Crippen LogP contribution in [-0.4, -0.2) is 45.5 Å². The normalized spacial score (nSPS) is 16.8. The molecule has 0 aliphatic carbocycles. The molecule has 0 N–H and O–H groups in total. The number of anilines is 1. The molecule has 0 saturated carbocycles. The molecule has 4 rings (SSSR count). The Balaban J connectivity index is 1.42. The largest absolute Gasteiger partial charge is 0.439 e. The Kier molecular flexibility index (Phi) is 6.29. The van der Waals surface area contributed by atoms with Crippen molar-refractivity contribution in [2.75, 3.05) is 24.5 Å². The van der Waals surface area contributed by atoms with Gasteiger partial charge in [-0.1, -0.05) is 29.8 Å². The Hall–Kier alpha value is -3.23. The first-order chi connectivity index (χ1) is 15.0. The van der Waals surface area contributed by atoms with Crippen molar-refractivity contribution in [3.05, 3.63) is 81.6 Å². The molecule has 1 aromatic heterocycles. The summed E-state index contributed by atoms with van der Waals surface area (Å²) < 4.78 is 5.82. The predicted octanol–water partition coefficient (Wildman–Crippen LogP) is 4.54. The van der Waals surface area contributed by atoms with Crippen molar-refractivity contribution < 1.29 is 9.66 Å². The summed E-state index contributed by atoms with van der Waals surface area (Å²) in [6, 6.07) is 16.0. The maximum absolute atomic E-state index is 11.3. The van der Waals surface area contributed by atoms with Gasteiger partial charge in [-0.3, -0.25) is 15.0 Å². The average molecular weight is 440 g/mol. The molecular formula is C22H22ClN5O3. The standard InChI is InChI=1S/C22H22ClN5O3/c1-16-13-27(11-10-26(16)14-17-4-2-3-5-20(17)28(29)30)21-12-22(25-15-24-21)31-19-8-6-18(23)7-9-19/h2-9,12,15-16H,10-11,13-14H2,1H3. The summed E-state index contributed by atoms with van der Waals surface area (Å²) in [6.45, 7) is 4.93. The number of rotatable bonds is 6. The van der Waals surface area contributed by atoms with Crippen LogP contribution in [0.25, 0.3) is 0 Å². The Bertz CT molecular complexity index is 1060. The second-order valence-electron chi connectivity index (χ2n) is 7.42. The number of hydrogen-bond acceptors (Lipinski definition) is 7. The average Bonchev–Trinajstić information content (AvgIpc) is 2.77. The van der Waals surface area contributed by atoms with E-state index in [1.54, 1.807) is 36.4 Å². The summed E-state index contributed by atoms with van der Waals surface area (Å²) >= 11 is 5.92. The highest BCUT2D eigenvalue weighted by atomic mass is 35.5. The molecule has 0 amide bonds. The molecule has 160 valence electrons. The number of piperazine rings is 1. The Labute approximate surface area is 185 Å². The van der Waals surface area contributed by atoms with E-state index in [9.17, 15) is 10.1 Å². The summed E-state index contributed by atoms with van der Waals surface area (Å²) in [6.07, 6.45) is 1.49. The fourth-order valence-corrected chi connectivity index (χ4v) is 3.79. The van der Waals surface area contributed by atoms with E-state index in [1.807, 2.05) is 18.2 Å². The van der Waals surface area contributed by atoms with E-state index in [-0.39, 0.29) is 16.7 Å². The lowest BCUT2D eigenvalue weighted by Gasteiger charge is -2.40. The third-order valence-electron chi connectivity index (χ3n) is 5.31. The van der Waals surface area contributed by atoms with Crippen molar-refractivity contribution in [3.63, 3.8) is 0 Å². The zero-order chi connectivity index (χ0) is 21.8. The van der Waals surface area contributed by atoms with Gasteiger partial charge in [0.15, 0.2) is 0 Å². The van der Waals surface area contributed by atoms with Crippen LogP contribution in [0, 0.1) is 10.1 Å². The van der Waals surface area contributed by atoms with Crippen LogP contribution in [0.4, 0.5) is 11.5 Å². The zero-order valence-electron chi connectivity index (χ0n) is 17.0. The number of hydrogen-bond donors (Lipinski definition) is 0. The Morgan fingerprint density at radius 1 is 1.16 bits per heavy atom. The SMILES string of the molecule is CC1CN(c2cc(Oc3ccc(Cl)cc3)ncn2)CCN1Cc1ccccc1[N+](=O)[O-]. The second-order valence-corrected chi connectivity index (χ2v) is 7.86. The van der Waals surface area contributed by atoms with Crippen LogP contribution in [0.15, 0.2) is 60.9 Å². The van der Waals surface area contributed by atoms with Gasteiger partial charge in [-0.2, -0.15) is 0 Å². The maximum atomic E-state index is 11.3. The third-order valence-corrected chi connectivity index (χ3v) is 5.57. The van der Waals surface area contributed by atoms with Gasteiger partial charge in [-0.05, 0) is 31.2 Å². The van der Waals surface area contributed by atoms with E-state index < -0.39 is 0 Å². The molecule has 1 aliphatic rings. The van der Waals surface area contributed by atoms with Crippen LogP contribution in [0.2, 0.25) is 5.02 Å². The lowest BCUT2D eigenvalue weighted by molar-refractivity contribution is -0.385. The molecule has 1 aliphatic heterocycles. The molecule has 1 fully saturated rings. The lowest BCUT2D eigenvalue weighted by Crippen LogP contribution is -2.51. The molecule has 1 unspecified atom stereocenters. The van der Waals surface area contributed by atoms with Crippen LogP contribution in [0.3, 0.4) is 0 Å². The van der Waals surface area contributed by atoms with Crippen LogP contribution >= 0.6 is 11.6 Å². The molecule has 3 aromatic rings. The molecule has 0 radical (unpaired) electrons. The van der Waals surface area contributed by atoms with Crippen LogP contribution in [0.5, 0.6) is 11.6 Å². The zero-order valence-corrected chi connectivity index (χ0v) is 17.8. The third kappa shape index (κ3) is 5.10. The first-order valence-electron chi connectivity index (χ1n) is 9.96. The molecular weight excluding hydrogens is 418 g/mol. The minimum absolute atomic E-state index is 0.164. The minimum Gasteiger partial charge on any atom is -0.439 e. The van der Waals surface area contributed by atoms with Crippen molar-refractivity contribution in [2.24, 2.45) is 0 Å². The fraction of sp³-hybridized carbons (Fsp3) is 0.273. The number of benzene rings is 2. The smallest absolute Gasteiger partial charge is 0.273 e. The molecule has 1 saturated heterocycles. The van der Waals surface area contributed by atoms with E-state index in [2.05, 4.69) is 26.7 Å². The molecule has 9 heteroatoms. The van der Waals surface area contributed by atoms with Gasteiger partial charge in [0.1, 0.15) is 17.9 Å². The fourth-order valence-electron chi connectivity index (χ4n) is 3.66. The number of nitro benzene ring substituents is 1. The predicted molar refractivity (Wildman–Crippen MR) is 119 cm³/mol. The first kappa shape index (κ1) is 21.0. The van der Waals surface area contributed by atoms with E-state index in [0.29, 0.717) is 23.2 Å². The highest BCUT2D eigenvalue weighted by Gasteiger charge is 2.26. The van der Waals surface area contributed by atoms with Crippen LogP contribution in [-0.2, 0) is 6.54 Å². The highest BCUT2D eigenvalue weighted by molar-refractivity contribution is 6.30. The van der Waals surface area contributed by atoms with Crippen molar-refractivity contribution in [2.45, 2.75) is 19.5 Å². The van der Waals surface area contributed by atoms with Gasteiger partial charge in [0.2, 0.25) is 5.88 Å². The monoisotopic (exact) mass is 439 g/mol. The summed E-state index contributed by atoms with van der Waals surface area (Å²) in [5, 5.41) is 11.9. The highest BCUT2D eigenvalue weighted by Crippen LogP contribution is 2.26. The molecule has 2 heterocycles. The van der Waals surface area contributed by atoms with E-state index in [1.165, 1.54) is 6.33 Å². The van der Waals surface area contributed by atoms with Gasteiger partial charge >= 0.3 is 0 Å². The van der Waals surface area contributed by atoms with Crippen molar-refractivity contribution in [1.82, 2.24) is 14.9 Å². The van der Waals surface area contributed by atoms with Crippen molar-refractivity contribution >= 4 is 23.1 Å². The molecule has 31 heavy (non-hydrogen) atoms. The summed E-state index contributed by atoms with van der Waals surface area (Å²) in [7, 11) is 0. The van der Waals surface area contributed by atoms with Gasteiger partial charge < -0.3 is 9.64 Å². The van der Waals surface area contributed by atoms with Crippen molar-refractivity contribution in [1.29, 1.82) is 0 Å². The van der Waals surface area contributed by atoms with Crippen molar-refractivity contribution in [3.8, 4) is 11.6 Å². The van der Waals surface area contributed by atoms with Gasteiger partial charge in [-0.25, -0.2) is 9.97 Å². The van der Waals surface area contributed by atoms with E-state index >= 15 is 0 Å². The Morgan fingerprint density at radius 3 is 2.68 bits per heavy atom. The quantitative estimate of drug-likeness (QED) is 0.411. The van der Waals surface area contributed by atoms with Crippen LogP contribution in [0.1, 0.15) is 12.5 Å². The van der Waals surface area contributed by atoms with Gasteiger partial charge in [-0.15, -0.1) is 0 Å². The number of aromatic nitrogens is 2. The molecule has 8 nitrogen and oxygen atoms in total. The van der Waals surface area contributed by atoms with Gasteiger partial charge in [0.05, 0.1) is 4.92 Å². The summed E-state index contributed by atoms with van der Waals surface area (Å²) in [4.78, 5) is 24.0. The lowest BCUT2D eigenvalue weighted by atomic mass is 10.1. The van der Waals surface area contributed by atoms with E-state index in [0.717, 1.165) is 31.0 Å². The topological polar surface area (TPSA) is 84.6 Å². The number of para-hydroxylation sites is 1. The van der Waals surface area contributed by atoms with Gasteiger partial charge in [0, 0.05) is 54.9 Å². The number of ether oxygens (including phenoxy) is 1. The molecule has 0 bridgehead atoms. The van der Waals surface area contributed by atoms with Gasteiger partial charge in [0.25, 0.3) is 5.69 Å². The second kappa shape index (κ2) is 9.28. The van der Waals surface area contributed by atoms with Crippen LogP contribution < -0.4 is 9.64 Å². The number of halogens is 1. The summed E-state index contributed by atoms with van der Waals surface area (Å²) in [5.41, 5.74) is 0.894. The summed E-state index contributed by atoms with van der Waals surface area (Å²) in [5.74, 6) is 1.90. The number of nitrogens with zero attached hydrogens (tertiary/aromatic N) is 5. The maximum Gasteiger partial charge on any atom is 0.273 e. The first-order valence-corrected chi connectivity index (χ1v) is 10.3. The molecule has 0 spiro atoms. The Morgan fingerprint density at radius 2 is 1.94 bits per heavy atom. The number of nitro groups is 1.